The van der Waals surface area contributed by atoms with Crippen LogP contribution in [0.1, 0.15) is 18.1 Å². The predicted molar refractivity (Wildman–Crippen MR) is 141 cm³/mol. The van der Waals surface area contributed by atoms with E-state index in [2.05, 4.69) is 20.7 Å². The van der Waals surface area contributed by atoms with Crippen LogP contribution in [0.5, 0.6) is 11.5 Å². The van der Waals surface area contributed by atoms with Crippen LogP contribution >= 0.6 is 11.8 Å². The third kappa shape index (κ3) is 6.73. The molecule has 0 fully saturated rings. The first-order valence-electron chi connectivity index (χ1n) is 11.5. The maximum absolute atomic E-state index is 12.3. The fourth-order valence-corrected chi connectivity index (χ4v) is 4.16. The molecule has 1 N–H and O–H groups in total. The van der Waals surface area contributed by atoms with E-state index in [9.17, 15) is 4.79 Å². The lowest BCUT2D eigenvalue weighted by Crippen LogP contribution is -2.20. The number of rotatable bonds is 11. The number of hydrogen-bond donors (Lipinski definition) is 1. The fraction of sp³-hybridized carbons (Fsp3) is 0.185. The zero-order valence-corrected chi connectivity index (χ0v) is 20.9. The number of thioether (sulfide) groups is 1. The lowest BCUT2D eigenvalue weighted by Gasteiger charge is -2.07. The molecule has 0 radical (unpaired) electrons. The number of methoxy groups -OCH3 is 1. The monoisotopic (exact) mass is 501 g/mol. The van der Waals surface area contributed by atoms with E-state index in [0.29, 0.717) is 18.3 Å². The van der Waals surface area contributed by atoms with Crippen molar-refractivity contribution in [2.45, 2.75) is 25.2 Å². The van der Waals surface area contributed by atoms with Crippen molar-refractivity contribution in [2.75, 3.05) is 12.9 Å². The van der Waals surface area contributed by atoms with Crippen molar-refractivity contribution in [1.82, 2.24) is 20.2 Å². The molecule has 3 aromatic carbocycles. The third-order valence-corrected chi connectivity index (χ3v) is 6.21. The normalized spacial score (nSPS) is 10.9. The maximum atomic E-state index is 12.3. The molecule has 1 aromatic heterocycles. The molecule has 1 heterocycles. The second-order valence-corrected chi connectivity index (χ2v) is 8.65. The van der Waals surface area contributed by atoms with E-state index in [1.807, 2.05) is 90.4 Å². The van der Waals surface area contributed by atoms with Gasteiger partial charge in [0.25, 0.3) is 5.91 Å². The molecule has 0 bridgehead atoms. The number of ether oxygens (including phenoxy) is 2. The number of carbonyl (C=O) groups is 1. The van der Waals surface area contributed by atoms with E-state index in [1.165, 1.54) is 11.8 Å². The Kier molecular flexibility index (Phi) is 8.72. The Labute approximate surface area is 214 Å². The van der Waals surface area contributed by atoms with Gasteiger partial charge in [-0.05, 0) is 66.6 Å². The average molecular weight is 502 g/mol. The smallest absolute Gasteiger partial charge is 0.250 e. The molecule has 9 heteroatoms. The van der Waals surface area contributed by atoms with Gasteiger partial charge in [-0.15, -0.1) is 10.2 Å². The van der Waals surface area contributed by atoms with Crippen LogP contribution in [0, 0.1) is 0 Å². The van der Waals surface area contributed by atoms with Crippen molar-refractivity contribution >= 4 is 23.9 Å². The quantitative estimate of drug-likeness (QED) is 0.180. The van der Waals surface area contributed by atoms with Crippen LogP contribution in [-0.4, -0.2) is 39.7 Å². The third-order valence-electron chi connectivity index (χ3n) is 5.24. The highest BCUT2D eigenvalue weighted by molar-refractivity contribution is 7.99. The first-order chi connectivity index (χ1) is 17.7. The Hall–Kier alpha value is -4.11. The highest BCUT2D eigenvalue weighted by atomic mass is 32.2. The van der Waals surface area contributed by atoms with Gasteiger partial charge in [-0.3, -0.25) is 4.79 Å². The summed E-state index contributed by atoms with van der Waals surface area (Å²) >= 11 is 1.32. The molecule has 0 aliphatic rings. The Morgan fingerprint density at radius 3 is 2.42 bits per heavy atom. The number of hydrazone groups is 1. The number of nitrogens with zero attached hydrogens (tertiary/aromatic N) is 4. The SMILES string of the molecule is CCn1c(SCC(=O)NN=Cc2ccc(OCc3ccccc3)cc2)nnc1-c1ccc(OC)cc1. The van der Waals surface area contributed by atoms with E-state index in [-0.39, 0.29) is 11.7 Å². The number of amides is 1. The van der Waals surface area contributed by atoms with E-state index in [0.717, 1.165) is 34.0 Å². The Morgan fingerprint density at radius 2 is 1.72 bits per heavy atom. The van der Waals surface area contributed by atoms with Crippen LogP contribution in [0.4, 0.5) is 0 Å². The molecular weight excluding hydrogens is 474 g/mol. The Balaban J connectivity index is 1.26. The summed E-state index contributed by atoms with van der Waals surface area (Å²) in [6, 6.07) is 25.2. The van der Waals surface area contributed by atoms with Crippen molar-refractivity contribution in [1.29, 1.82) is 0 Å². The zero-order chi connectivity index (χ0) is 25.2. The van der Waals surface area contributed by atoms with Crippen LogP contribution in [0.15, 0.2) is 89.1 Å². The second-order valence-electron chi connectivity index (χ2n) is 7.70. The van der Waals surface area contributed by atoms with Gasteiger partial charge in [-0.1, -0.05) is 42.1 Å². The van der Waals surface area contributed by atoms with Gasteiger partial charge in [0, 0.05) is 12.1 Å². The molecule has 0 atom stereocenters. The maximum Gasteiger partial charge on any atom is 0.250 e. The van der Waals surface area contributed by atoms with Crippen LogP contribution in [0.25, 0.3) is 11.4 Å². The van der Waals surface area contributed by atoms with Crippen LogP contribution in [0.3, 0.4) is 0 Å². The van der Waals surface area contributed by atoms with Gasteiger partial charge in [0.1, 0.15) is 18.1 Å². The molecule has 0 saturated heterocycles. The van der Waals surface area contributed by atoms with Crippen LogP contribution < -0.4 is 14.9 Å². The number of hydrogen-bond acceptors (Lipinski definition) is 7. The standard InChI is InChI=1S/C27H27N5O3S/c1-3-32-26(22-11-15-23(34-2)16-12-22)30-31-27(32)36-19-25(33)29-28-17-20-9-13-24(14-10-20)35-18-21-7-5-4-6-8-21/h4-17H,3,18-19H2,1-2H3,(H,29,33). The lowest BCUT2D eigenvalue weighted by atomic mass is 10.2. The number of carbonyl (C=O) groups excluding carboxylic acids is 1. The van der Waals surface area contributed by atoms with Crippen molar-refractivity contribution in [3.63, 3.8) is 0 Å². The van der Waals surface area contributed by atoms with E-state index in [1.54, 1.807) is 13.3 Å². The molecule has 0 aliphatic heterocycles. The molecule has 0 spiro atoms. The molecule has 4 rings (SSSR count). The Bertz CT molecular complexity index is 1290. The minimum absolute atomic E-state index is 0.171. The minimum Gasteiger partial charge on any atom is -0.497 e. The van der Waals surface area contributed by atoms with Gasteiger partial charge in [0.15, 0.2) is 11.0 Å². The van der Waals surface area contributed by atoms with E-state index < -0.39 is 0 Å². The molecule has 1 amide bonds. The van der Waals surface area contributed by atoms with Crippen molar-refractivity contribution < 1.29 is 14.3 Å². The summed E-state index contributed by atoms with van der Waals surface area (Å²) in [4.78, 5) is 12.3. The highest BCUT2D eigenvalue weighted by Gasteiger charge is 2.14. The summed E-state index contributed by atoms with van der Waals surface area (Å²) < 4.78 is 13.0. The van der Waals surface area contributed by atoms with Crippen molar-refractivity contribution in [3.8, 4) is 22.9 Å². The molecule has 184 valence electrons. The van der Waals surface area contributed by atoms with Gasteiger partial charge >= 0.3 is 0 Å². The molecular formula is C27H27N5O3S. The predicted octanol–water partition coefficient (Wildman–Crippen LogP) is 4.80. The average Bonchev–Trinajstić information content (AvgIpc) is 3.35. The largest absolute Gasteiger partial charge is 0.497 e. The summed E-state index contributed by atoms with van der Waals surface area (Å²) in [5.74, 6) is 2.24. The fourth-order valence-electron chi connectivity index (χ4n) is 3.37. The summed E-state index contributed by atoms with van der Waals surface area (Å²) in [6.07, 6.45) is 1.60. The summed E-state index contributed by atoms with van der Waals surface area (Å²) in [6.45, 7) is 3.21. The highest BCUT2D eigenvalue weighted by Crippen LogP contribution is 2.25. The molecule has 4 aromatic rings. The molecule has 8 nitrogen and oxygen atoms in total. The first-order valence-corrected chi connectivity index (χ1v) is 12.4. The van der Waals surface area contributed by atoms with Crippen molar-refractivity contribution in [3.05, 3.63) is 90.0 Å². The molecule has 0 unspecified atom stereocenters. The molecule has 0 saturated carbocycles. The second kappa shape index (κ2) is 12.6. The topological polar surface area (TPSA) is 90.6 Å². The van der Waals surface area contributed by atoms with Gasteiger partial charge in [-0.2, -0.15) is 5.10 Å². The number of aromatic nitrogens is 3. The van der Waals surface area contributed by atoms with Crippen LogP contribution in [0.2, 0.25) is 0 Å². The number of benzene rings is 3. The Morgan fingerprint density at radius 1 is 1.00 bits per heavy atom. The minimum atomic E-state index is -0.226. The first kappa shape index (κ1) is 25.0. The summed E-state index contributed by atoms with van der Waals surface area (Å²) in [7, 11) is 1.63. The van der Waals surface area contributed by atoms with Gasteiger partial charge in [0.05, 0.1) is 19.1 Å². The van der Waals surface area contributed by atoms with E-state index >= 15 is 0 Å². The van der Waals surface area contributed by atoms with Gasteiger partial charge in [-0.25, -0.2) is 5.43 Å². The van der Waals surface area contributed by atoms with Gasteiger partial charge in [0.2, 0.25) is 0 Å². The number of nitrogens with one attached hydrogen (secondary N) is 1. The van der Waals surface area contributed by atoms with Crippen LogP contribution in [-0.2, 0) is 17.9 Å². The van der Waals surface area contributed by atoms with Gasteiger partial charge < -0.3 is 14.0 Å². The lowest BCUT2D eigenvalue weighted by molar-refractivity contribution is -0.118. The summed E-state index contributed by atoms with van der Waals surface area (Å²) in [5, 5.41) is 13.3. The summed E-state index contributed by atoms with van der Waals surface area (Å²) in [5.41, 5.74) is 5.45. The van der Waals surface area contributed by atoms with Crippen molar-refractivity contribution in [2.24, 2.45) is 5.10 Å². The molecule has 0 aliphatic carbocycles. The molecule has 36 heavy (non-hydrogen) atoms. The zero-order valence-electron chi connectivity index (χ0n) is 20.1. The van der Waals surface area contributed by atoms with E-state index in [4.69, 9.17) is 9.47 Å².